The van der Waals surface area contributed by atoms with Crippen molar-refractivity contribution in [1.29, 1.82) is 0 Å². The number of unbranched alkanes of at least 4 members (excludes halogenated alkanes) is 35. The largest absolute Gasteiger partial charge is 0.481 e. The van der Waals surface area contributed by atoms with Gasteiger partial charge in [-0.1, -0.05) is 245 Å². The van der Waals surface area contributed by atoms with Crippen molar-refractivity contribution >= 4 is 11.9 Å². The fraction of sp³-hybridized carbons (Fsp3) is 0.957. The highest BCUT2D eigenvalue weighted by molar-refractivity contribution is 5.69. The van der Waals surface area contributed by atoms with Gasteiger partial charge in [0, 0.05) is 12.8 Å². The van der Waals surface area contributed by atoms with Crippen molar-refractivity contribution in [3.8, 4) is 0 Å². The average molecular weight is 709 g/mol. The number of hydrogen-bond acceptors (Lipinski definition) is 3. The van der Waals surface area contributed by atoms with Gasteiger partial charge in [-0.25, -0.2) is 0 Å². The Morgan fingerprint density at radius 2 is 0.540 bits per heavy atom. The Balaban J connectivity index is 0. The minimum Gasteiger partial charge on any atom is -0.481 e. The molecule has 4 nitrogen and oxygen atoms in total. The van der Waals surface area contributed by atoms with Crippen molar-refractivity contribution < 1.29 is 19.4 Å². The van der Waals surface area contributed by atoms with Crippen LogP contribution in [-0.4, -0.2) is 23.7 Å². The third-order valence-electron chi connectivity index (χ3n) is 10.2. The third-order valence-corrected chi connectivity index (χ3v) is 10.2. The molecule has 0 bridgehead atoms. The molecule has 0 aromatic rings. The van der Waals surface area contributed by atoms with E-state index in [0.29, 0.717) is 19.4 Å². The Bertz CT molecular complexity index is 634. The summed E-state index contributed by atoms with van der Waals surface area (Å²) in [4.78, 5) is 22.1. The number of carboxylic acids is 1. The second-order valence-corrected chi connectivity index (χ2v) is 15.5. The van der Waals surface area contributed by atoms with Crippen LogP contribution in [0.15, 0.2) is 0 Å². The maximum Gasteiger partial charge on any atom is 0.305 e. The molecule has 0 unspecified atom stereocenters. The van der Waals surface area contributed by atoms with E-state index in [-0.39, 0.29) is 5.97 Å². The fourth-order valence-electron chi connectivity index (χ4n) is 6.78. The molecular formula is C46H92O4. The smallest absolute Gasteiger partial charge is 0.305 e. The van der Waals surface area contributed by atoms with Crippen LogP contribution in [0.2, 0.25) is 0 Å². The quantitative estimate of drug-likeness (QED) is 0.0507. The van der Waals surface area contributed by atoms with Gasteiger partial charge in [-0.05, 0) is 19.3 Å². The molecule has 0 aromatic heterocycles. The zero-order valence-electron chi connectivity index (χ0n) is 34.7. The van der Waals surface area contributed by atoms with Crippen molar-refractivity contribution in [3.63, 3.8) is 0 Å². The van der Waals surface area contributed by atoms with Crippen LogP contribution in [0.3, 0.4) is 0 Å². The number of rotatable bonds is 41. The van der Waals surface area contributed by atoms with Crippen molar-refractivity contribution in [2.75, 3.05) is 6.61 Å². The van der Waals surface area contributed by atoms with Gasteiger partial charge in [-0.3, -0.25) is 9.59 Å². The van der Waals surface area contributed by atoms with Crippen LogP contribution in [0.5, 0.6) is 0 Å². The number of aliphatic carboxylic acids is 1. The molecule has 0 aliphatic rings. The predicted octanol–water partition coefficient (Wildman–Crippen LogP) is 16.3. The van der Waals surface area contributed by atoms with Gasteiger partial charge in [0.15, 0.2) is 0 Å². The molecule has 0 aliphatic carbocycles. The number of hydrogen-bond donors (Lipinski definition) is 1. The minimum absolute atomic E-state index is 0.0222. The molecule has 0 radical (unpaired) electrons. The van der Waals surface area contributed by atoms with Crippen LogP contribution in [-0.2, 0) is 14.3 Å². The Kier molecular flexibility index (Phi) is 48.9. The summed E-state index contributed by atoms with van der Waals surface area (Å²) in [6.45, 7) is 7.45. The summed E-state index contributed by atoms with van der Waals surface area (Å²) in [6.07, 6.45) is 51.5. The van der Waals surface area contributed by atoms with Gasteiger partial charge in [0.05, 0.1) is 6.61 Å². The molecule has 0 fully saturated rings. The van der Waals surface area contributed by atoms with Gasteiger partial charge in [-0.15, -0.1) is 0 Å². The first-order valence-corrected chi connectivity index (χ1v) is 23.0. The van der Waals surface area contributed by atoms with E-state index >= 15 is 0 Å². The zero-order chi connectivity index (χ0) is 36.9. The summed E-state index contributed by atoms with van der Waals surface area (Å²) in [6, 6.07) is 0. The molecule has 0 saturated heterocycles. The van der Waals surface area contributed by atoms with Crippen molar-refractivity contribution in [2.45, 2.75) is 278 Å². The average Bonchev–Trinajstić information content (AvgIpc) is 3.11. The Morgan fingerprint density at radius 3 is 0.800 bits per heavy atom. The van der Waals surface area contributed by atoms with Crippen LogP contribution in [0.4, 0.5) is 0 Å². The number of esters is 1. The molecule has 0 heterocycles. The number of carbonyl (C=O) groups is 2. The summed E-state index contributed by atoms with van der Waals surface area (Å²) < 4.78 is 5.39. The molecule has 0 rings (SSSR count). The van der Waals surface area contributed by atoms with Gasteiger partial charge in [0.25, 0.3) is 0 Å². The molecule has 0 saturated carbocycles. The Hall–Kier alpha value is -1.06. The Morgan fingerprint density at radius 1 is 0.320 bits per heavy atom. The lowest BCUT2D eigenvalue weighted by Gasteiger charge is -2.06. The summed E-state index contributed by atoms with van der Waals surface area (Å²) in [7, 11) is 0. The Labute approximate surface area is 314 Å². The molecule has 0 aliphatic heterocycles. The van der Waals surface area contributed by atoms with Gasteiger partial charge >= 0.3 is 11.9 Å². The molecule has 0 amide bonds. The number of carboxylic acid groups (broad SMARTS) is 1. The second-order valence-electron chi connectivity index (χ2n) is 15.5. The summed E-state index contributed by atoms with van der Waals surface area (Å²) in [5.41, 5.74) is 0. The van der Waals surface area contributed by atoms with E-state index in [1.165, 1.54) is 218 Å². The van der Waals surface area contributed by atoms with Crippen molar-refractivity contribution in [2.24, 2.45) is 0 Å². The monoisotopic (exact) mass is 709 g/mol. The van der Waals surface area contributed by atoms with E-state index in [2.05, 4.69) is 20.8 Å². The normalized spacial score (nSPS) is 11.0. The first-order chi connectivity index (χ1) is 24.6. The maximum absolute atomic E-state index is 11.8. The van der Waals surface area contributed by atoms with Crippen molar-refractivity contribution in [1.82, 2.24) is 0 Å². The van der Waals surface area contributed by atoms with Gasteiger partial charge < -0.3 is 9.84 Å². The van der Waals surface area contributed by atoms with E-state index in [4.69, 9.17) is 9.84 Å². The lowest BCUT2D eigenvalue weighted by molar-refractivity contribution is -0.144. The molecule has 0 atom stereocenters. The van der Waals surface area contributed by atoms with Crippen LogP contribution < -0.4 is 0 Å². The molecule has 0 spiro atoms. The first-order valence-electron chi connectivity index (χ1n) is 23.0. The SMILES string of the molecule is CCCCCCCCCCCCCCCCCC(=O)O.CCCCCCCCCCCCCCOC(=O)CCCCCCCCCCCCC. The fourth-order valence-corrected chi connectivity index (χ4v) is 6.78. The lowest BCUT2D eigenvalue weighted by atomic mass is 10.0. The highest BCUT2D eigenvalue weighted by atomic mass is 16.5. The minimum atomic E-state index is -0.653. The summed E-state index contributed by atoms with van der Waals surface area (Å²) in [5, 5.41) is 8.52. The van der Waals surface area contributed by atoms with E-state index < -0.39 is 5.97 Å². The lowest BCUT2D eigenvalue weighted by Crippen LogP contribution is -2.05. The number of ether oxygens (including phenoxy) is 1. The standard InChI is InChI=1S/C28H56O2.C18H36O2/c1-3-5-7-9-11-13-15-17-19-21-23-25-27-30-28(29)26-24-22-20-18-16-14-12-10-8-6-4-2;1-2-3-4-5-6-7-8-9-10-11-12-13-14-15-16-17-18(19)20/h3-27H2,1-2H3;2-17H2,1H3,(H,19,20). The van der Waals surface area contributed by atoms with E-state index in [9.17, 15) is 9.59 Å². The second kappa shape index (κ2) is 47.9. The third kappa shape index (κ3) is 51.3. The maximum atomic E-state index is 11.8. The zero-order valence-corrected chi connectivity index (χ0v) is 34.7. The topological polar surface area (TPSA) is 63.6 Å². The molecule has 4 heteroatoms. The summed E-state index contributed by atoms with van der Waals surface area (Å²) >= 11 is 0. The van der Waals surface area contributed by atoms with Crippen LogP contribution in [0.25, 0.3) is 0 Å². The molecule has 300 valence electrons. The van der Waals surface area contributed by atoms with Gasteiger partial charge in [0.2, 0.25) is 0 Å². The summed E-state index contributed by atoms with van der Waals surface area (Å²) in [5.74, 6) is -0.631. The highest BCUT2D eigenvalue weighted by Gasteiger charge is 2.03. The first kappa shape index (κ1) is 51.0. The van der Waals surface area contributed by atoms with Crippen LogP contribution >= 0.6 is 0 Å². The van der Waals surface area contributed by atoms with Gasteiger partial charge in [-0.2, -0.15) is 0 Å². The number of carbonyl (C=O) groups excluding carboxylic acids is 1. The molecule has 0 aromatic carbocycles. The predicted molar refractivity (Wildman–Crippen MR) is 220 cm³/mol. The van der Waals surface area contributed by atoms with Crippen molar-refractivity contribution in [3.05, 3.63) is 0 Å². The molecular weight excluding hydrogens is 617 g/mol. The highest BCUT2D eigenvalue weighted by Crippen LogP contribution is 2.15. The molecule has 1 N–H and O–H groups in total. The molecule has 50 heavy (non-hydrogen) atoms. The van der Waals surface area contributed by atoms with E-state index in [0.717, 1.165) is 25.7 Å². The van der Waals surface area contributed by atoms with E-state index in [1.54, 1.807) is 0 Å². The van der Waals surface area contributed by atoms with Crippen LogP contribution in [0, 0.1) is 0 Å². The van der Waals surface area contributed by atoms with E-state index in [1.807, 2.05) is 0 Å². The van der Waals surface area contributed by atoms with Crippen LogP contribution in [0.1, 0.15) is 278 Å². The van der Waals surface area contributed by atoms with Gasteiger partial charge in [0.1, 0.15) is 0 Å².